The molecule has 20 heavy (non-hydrogen) atoms. The first-order valence-electron chi connectivity index (χ1n) is 7.15. The summed E-state index contributed by atoms with van der Waals surface area (Å²) >= 11 is 6.30. The molecule has 2 heteroatoms. The molecule has 0 aliphatic rings. The zero-order valence-electron chi connectivity index (χ0n) is 11.6. The van der Waals surface area contributed by atoms with E-state index in [9.17, 15) is 5.11 Å². The number of rotatable bonds is 7. The fourth-order valence-electron chi connectivity index (χ4n) is 2.28. The van der Waals surface area contributed by atoms with Crippen molar-refractivity contribution in [1.82, 2.24) is 0 Å². The number of alkyl halides is 1. The SMILES string of the molecule is O[C@@H](CCc1ccccc1)[C@@H](Cl)CCc1ccccc1. The van der Waals surface area contributed by atoms with Crippen molar-refractivity contribution in [3.63, 3.8) is 0 Å². The fraction of sp³-hybridized carbons (Fsp3) is 0.333. The zero-order valence-corrected chi connectivity index (χ0v) is 12.3. The summed E-state index contributed by atoms with van der Waals surface area (Å²) in [4.78, 5) is 0. The molecular weight excluding hydrogens is 268 g/mol. The van der Waals surface area contributed by atoms with Crippen LogP contribution in [-0.2, 0) is 12.8 Å². The summed E-state index contributed by atoms with van der Waals surface area (Å²) in [6.45, 7) is 0. The van der Waals surface area contributed by atoms with Gasteiger partial charge in [0.15, 0.2) is 0 Å². The number of hydrogen-bond donors (Lipinski definition) is 1. The van der Waals surface area contributed by atoms with Gasteiger partial charge in [-0.05, 0) is 36.8 Å². The maximum absolute atomic E-state index is 10.1. The summed E-state index contributed by atoms with van der Waals surface area (Å²) < 4.78 is 0. The van der Waals surface area contributed by atoms with Gasteiger partial charge in [0.05, 0.1) is 11.5 Å². The van der Waals surface area contributed by atoms with Gasteiger partial charge in [-0.15, -0.1) is 11.6 Å². The van der Waals surface area contributed by atoms with Crippen molar-refractivity contribution in [2.24, 2.45) is 0 Å². The Morgan fingerprint density at radius 2 is 1.20 bits per heavy atom. The second-order valence-corrected chi connectivity index (χ2v) is 5.69. The quantitative estimate of drug-likeness (QED) is 0.756. The molecule has 2 rings (SSSR count). The van der Waals surface area contributed by atoms with E-state index >= 15 is 0 Å². The topological polar surface area (TPSA) is 20.2 Å². The molecule has 106 valence electrons. The number of aliphatic hydroxyl groups is 1. The number of halogens is 1. The Labute approximate surface area is 126 Å². The normalized spacial score (nSPS) is 13.9. The van der Waals surface area contributed by atoms with Crippen molar-refractivity contribution in [2.45, 2.75) is 37.2 Å². The third kappa shape index (κ3) is 4.99. The van der Waals surface area contributed by atoms with Gasteiger partial charge in [0.25, 0.3) is 0 Å². The first-order chi connectivity index (χ1) is 9.75. The summed E-state index contributed by atoms with van der Waals surface area (Å²) in [7, 11) is 0. The standard InChI is InChI=1S/C18H21ClO/c19-17(13-11-15-7-3-1-4-8-15)18(20)14-12-16-9-5-2-6-10-16/h1-10,17-18,20H,11-14H2/t17-,18-/m0/s1. The van der Waals surface area contributed by atoms with Crippen LogP contribution in [0.5, 0.6) is 0 Å². The molecule has 1 N–H and O–H groups in total. The molecule has 0 aromatic heterocycles. The van der Waals surface area contributed by atoms with Crippen molar-refractivity contribution >= 4 is 11.6 Å². The Bertz CT molecular complexity index is 436. The van der Waals surface area contributed by atoms with E-state index in [2.05, 4.69) is 24.3 Å². The van der Waals surface area contributed by atoms with Gasteiger partial charge in [0, 0.05) is 0 Å². The Balaban J connectivity index is 1.73. The molecule has 0 spiro atoms. The van der Waals surface area contributed by atoms with Crippen molar-refractivity contribution in [3.05, 3.63) is 71.8 Å². The summed E-state index contributed by atoms with van der Waals surface area (Å²) in [5.41, 5.74) is 2.52. The predicted molar refractivity (Wildman–Crippen MR) is 85.2 cm³/mol. The third-order valence-corrected chi connectivity index (χ3v) is 4.05. The van der Waals surface area contributed by atoms with E-state index in [1.165, 1.54) is 11.1 Å². The lowest BCUT2D eigenvalue weighted by atomic mass is 10.0. The molecule has 0 saturated carbocycles. The van der Waals surface area contributed by atoms with Crippen molar-refractivity contribution in [3.8, 4) is 0 Å². The first-order valence-corrected chi connectivity index (χ1v) is 7.59. The van der Waals surface area contributed by atoms with Gasteiger partial charge in [-0.3, -0.25) is 0 Å². The minimum absolute atomic E-state index is 0.182. The summed E-state index contributed by atoms with van der Waals surface area (Å²) in [6.07, 6.45) is 2.86. The van der Waals surface area contributed by atoms with Crippen molar-refractivity contribution in [1.29, 1.82) is 0 Å². The highest BCUT2D eigenvalue weighted by atomic mass is 35.5. The van der Waals surface area contributed by atoms with Gasteiger partial charge in [-0.1, -0.05) is 60.7 Å². The van der Waals surface area contributed by atoms with Crippen LogP contribution in [0.3, 0.4) is 0 Å². The van der Waals surface area contributed by atoms with E-state index < -0.39 is 6.10 Å². The minimum Gasteiger partial charge on any atom is -0.392 e. The molecule has 0 aliphatic heterocycles. The number of benzene rings is 2. The lowest BCUT2D eigenvalue weighted by Crippen LogP contribution is -2.22. The van der Waals surface area contributed by atoms with E-state index in [1.54, 1.807) is 0 Å². The van der Waals surface area contributed by atoms with E-state index in [0.29, 0.717) is 6.42 Å². The molecule has 0 fully saturated rings. The van der Waals surface area contributed by atoms with Crippen LogP contribution in [-0.4, -0.2) is 16.6 Å². The highest BCUT2D eigenvalue weighted by molar-refractivity contribution is 6.21. The molecule has 2 aromatic carbocycles. The van der Waals surface area contributed by atoms with E-state index in [-0.39, 0.29) is 5.38 Å². The Kier molecular flexibility index (Phi) is 6.10. The monoisotopic (exact) mass is 288 g/mol. The molecule has 2 aromatic rings. The molecule has 0 heterocycles. The van der Waals surface area contributed by atoms with E-state index in [0.717, 1.165) is 19.3 Å². The van der Waals surface area contributed by atoms with Gasteiger partial charge in [-0.25, -0.2) is 0 Å². The summed E-state index contributed by atoms with van der Waals surface area (Å²) in [6, 6.07) is 20.5. The molecule has 0 aliphatic carbocycles. The van der Waals surface area contributed by atoms with Crippen molar-refractivity contribution in [2.75, 3.05) is 0 Å². The van der Waals surface area contributed by atoms with Crippen LogP contribution in [0, 0.1) is 0 Å². The molecule has 0 unspecified atom stereocenters. The Morgan fingerprint density at radius 3 is 1.70 bits per heavy atom. The second kappa shape index (κ2) is 8.08. The van der Waals surface area contributed by atoms with Gasteiger partial charge >= 0.3 is 0 Å². The molecule has 1 nitrogen and oxygen atoms in total. The van der Waals surface area contributed by atoms with Crippen LogP contribution in [0.1, 0.15) is 24.0 Å². The van der Waals surface area contributed by atoms with Crippen LogP contribution in [0.25, 0.3) is 0 Å². The summed E-state index contributed by atoms with van der Waals surface area (Å²) in [5.74, 6) is 0. The zero-order chi connectivity index (χ0) is 14.2. The van der Waals surface area contributed by atoms with E-state index in [4.69, 9.17) is 11.6 Å². The first kappa shape index (κ1) is 15.1. The van der Waals surface area contributed by atoms with Crippen LogP contribution < -0.4 is 0 Å². The average molecular weight is 289 g/mol. The third-order valence-electron chi connectivity index (χ3n) is 3.54. The molecular formula is C18H21ClO. The van der Waals surface area contributed by atoms with Gasteiger partial charge in [0.2, 0.25) is 0 Å². The maximum Gasteiger partial charge on any atom is 0.0707 e. The molecule has 0 saturated heterocycles. The number of aliphatic hydroxyl groups excluding tert-OH is 1. The molecule has 0 amide bonds. The molecule has 0 bridgehead atoms. The van der Waals surface area contributed by atoms with Gasteiger partial charge < -0.3 is 5.11 Å². The molecule has 2 atom stereocenters. The van der Waals surface area contributed by atoms with Gasteiger partial charge in [0.1, 0.15) is 0 Å². The minimum atomic E-state index is -0.444. The fourth-order valence-corrected chi connectivity index (χ4v) is 2.52. The largest absolute Gasteiger partial charge is 0.392 e. The predicted octanol–water partition coefficient (Wildman–Crippen LogP) is 4.22. The lowest BCUT2D eigenvalue weighted by Gasteiger charge is -2.17. The van der Waals surface area contributed by atoms with Crippen LogP contribution in [0.2, 0.25) is 0 Å². The summed E-state index contributed by atoms with van der Waals surface area (Å²) in [5, 5.41) is 9.94. The highest BCUT2D eigenvalue weighted by Gasteiger charge is 2.16. The van der Waals surface area contributed by atoms with Gasteiger partial charge in [-0.2, -0.15) is 0 Å². The second-order valence-electron chi connectivity index (χ2n) is 5.13. The lowest BCUT2D eigenvalue weighted by molar-refractivity contribution is 0.156. The molecule has 0 radical (unpaired) electrons. The Hall–Kier alpha value is -1.31. The van der Waals surface area contributed by atoms with Crippen molar-refractivity contribution < 1.29 is 5.11 Å². The number of hydrogen-bond acceptors (Lipinski definition) is 1. The van der Waals surface area contributed by atoms with Crippen LogP contribution in [0.4, 0.5) is 0 Å². The van der Waals surface area contributed by atoms with E-state index in [1.807, 2.05) is 36.4 Å². The maximum atomic E-state index is 10.1. The highest BCUT2D eigenvalue weighted by Crippen LogP contribution is 2.16. The average Bonchev–Trinajstić information content (AvgIpc) is 2.52. The smallest absolute Gasteiger partial charge is 0.0707 e. The van der Waals surface area contributed by atoms with Crippen LogP contribution in [0.15, 0.2) is 60.7 Å². The Morgan fingerprint density at radius 1 is 0.750 bits per heavy atom. The number of aryl methyl sites for hydroxylation is 2. The van der Waals surface area contributed by atoms with Crippen LogP contribution >= 0.6 is 11.6 Å².